The van der Waals surface area contributed by atoms with Crippen molar-refractivity contribution < 1.29 is 14.3 Å². The van der Waals surface area contributed by atoms with E-state index in [2.05, 4.69) is 32.2 Å². The zero-order chi connectivity index (χ0) is 21.9. The van der Waals surface area contributed by atoms with Gasteiger partial charge in [0.25, 0.3) is 0 Å². The number of aromatic nitrogens is 1. The maximum Gasteiger partial charge on any atom is 0.238 e. The predicted molar refractivity (Wildman–Crippen MR) is 125 cm³/mol. The number of piperazine rings is 1. The number of ether oxygens (including phenoxy) is 2. The molecule has 0 radical (unpaired) electrons. The van der Waals surface area contributed by atoms with E-state index < -0.39 is 0 Å². The molecule has 1 N–H and O–H groups in total. The Kier molecular flexibility index (Phi) is 6.07. The minimum Gasteiger partial charge on any atom is -0.454 e. The fraction of sp³-hybridized carbons (Fsp3) is 0.333. The van der Waals surface area contributed by atoms with Crippen LogP contribution in [0.1, 0.15) is 10.6 Å². The monoisotopic (exact) mass is 450 g/mol. The number of nitrogens with zero attached hydrogens (tertiary/aromatic N) is 3. The molecule has 2 aliphatic rings. The summed E-state index contributed by atoms with van der Waals surface area (Å²) in [7, 11) is 0. The third kappa shape index (κ3) is 4.93. The van der Waals surface area contributed by atoms with Crippen molar-refractivity contribution >= 4 is 22.9 Å². The maximum absolute atomic E-state index is 12.6. The Morgan fingerprint density at radius 2 is 1.88 bits per heavy atom. The van der Waals surface area contributed by atoms with Crippen molar-refractivity contribution in [1.29, 1.82) is 0 Å². The van der Waals surface area contributed by atoms with Gasteiger partial charge in [-0.25, -0.2) is 4.98 Å². The Morgan fingerprint density at radius 3 is 2.69 bits per heavy atom. The first-order valence-electron chi connectivity index (χ1n) is 10.8. The molecule has 1 fully saturated rings. The summed E-state index contributed by atoms with van der Waals surface area (Å²) in [5.74, 6) is 1.66. The normalized spacial score (nSPS) is 16.3. The number of amides is 1. The lowest BCUT2D eigenvalue weighted by Gasteiger charge is -2.34. The van der Waals surface area contributed by atoms with Gasteiger partial charge >= 0.3 is 0 Å². The Morgan fingerprint density at radius 1 is 1.06 bits per heavy atom. The first kappa shape index (κ1) is 20.9. The van der Waals surface area contributed by atoms with Crippen LogP contribution in [-0.2, 0) is 11.3 Å². The van der Waals surface area contributed by atoms with Crippen LogP contribution < -0.4 is 14.8 Å². The second-order valence-electron chi connectivity index (χ2n) is 8.12. The SMILES string of the molecule is Cc1nc(-c2cccc(NC(=O)CN3CCN(Cc4ccc5c(c4)OCO5)CC3)c2)cs1. The van der Waals surface area contributed by atoms with Crippen LogP contribution >= 0.6 is 11.3 Å². The van der Waals surface area contributed by atoms with Crippen LogP contribution in [-0.4, -0.2) is 60.2 Å². The van der Waals surface area contributed by atoms with Gasteiger partial charge in [-0.3, -0.25) is 14.6 Å². The van der Waals surface area contributed by atoms with Crippen LogP contribution in [0, 0.1) is 6.92 Å². The van der Waals surface area contributed by atoms with Crippen LogP contribution in [0.15, 0.2) is 47.8 Å². The Bertz CT molecular complexity index is 1110. The molecule has 1 amide bonds. The van der Waals surface area contributed by atoms with Crippen LogP contribution in [0.5, 0.6) is 11.5 Å². The first-order valence-corrected chi connectivity index (χ1v) is 11.7. The van der Waals surface area contributed by atoms with E-state index in [9.17, 15) is 4.79 Å². The van der Waals surface area contributed by atoms with E-state index in [-0.39, 0.29) is 5.91 Å². The molecule has 3 aromatic rings. The van der Waals surface area contributed by atoms with Crippen molar-refractivity contribution in [3.63, 3.8) is 0 Å². The molecule has 2 aliphatic heterocycles. The van der Waals surface area contributed by atoms with Crippen molar-refractivity contribution in [2.45, 2.75) is 13.5 Å². The van der Waals surface area contributed by atoms with Gasteiger partial charge in [-0.1, -0.05) is 18.2 Å². The highest BCUT2D eigenvalue weighted by atomic mass is 32.1. The molecule has 0 unspecified atom stereocenters. The highest BCUT2D eigenvalue weighted by molar-refractivity contribution is 7.09. The lowest BCUT2D eigenvalue weighted by atomic mass is 10.1. The summed E-state index contributed by atoms with van der Waals surface area (Å²) in [5.41, 5.74) is 3.99. The minimum absolute atomic E-state index is 0.0147. The minimum atomic E-state index is 0.0147. The molecule has 0 saturated carbocycles. The Labute approximate surface area is 191 Å². The van der Waals surface area contributed by atoms with E-state index >= 15 is 0 Å². The predicted octanol–water partition coefficient (Wildman–Crippen LogP) is 3.60. The summed E-state index contributed by atoms with van der Waals surface area (Å²) in [5, 5.41) is 6.11. The van der Waals surface area contributed by atoms with E-state index in [1.165, 1.54) is 5.56 Å². The van der Waals surface area contributed by atoms with Gasteiger partial charge < -0.3 is 14.8 Å². The summed E-state index contributed by atoms with van der Waals surface area (Å²) < 4.78 is 10.9. The zero-order valence-corrected chi connectivity index (χ0v) is 18.9. The van der Waals surface area contributed by atoms with Crippen molar-refractivity contribution in [3.05, 3.63) is 58.4 Å². The smallest absolute Gasteiger partial charge is 0.238 e. The lowest BCUT2D eigenvalue weighted by molar-refractivity contribution is -0.117. The number of nitrogens with one attached hydrogen (secondary N) is 1. The largest absolute Gasteiger partial charge is 0.454 e. The molecule has 0 atom stereocenters. The summed E-state index contributed by atoms with van der Waals surface area (Å²) in [4.78, 5) is 21.8. The number of anilines is 1. The van der Waals surface area contributed by atoms with E-state index in [1.54, 1.807) is 11.3 Å². The molecule has 5 rings (SSSR count). The molecule has 3 heterocycles. The fourth-order valence-corrected chi connectivity index (χ4v) is 4.68. The average molecular weight is 451 g/mol. The molecule has 1 aromatic heterocycles. The number of fused-ring (bicyclic) bond motifs is 1. The molecular formula is C24H26N4O3S. The second kappa shape index (κ2) is 9.28. The molecular weight excluding hydrogens is 424 g/mol. The number of carbonyl (C=O) groups excluding carboxylic acids is 1. The quantitative estimate of drug-likeness (QED) is 0.619. The van der Waals surface area contributed by atoms with Crippen molar-refractivity contribution in [1.82, 2.24) is 14.8 Å². The van der Waals surface area contributed by atoms with Crippen molar-refractivity contribution in [2.24, 2.45) is 0 Å². The molecule has 1 saturated heterocycles. The number of rotatable bonds is 6. The topological polar surface area (TPSA) is 66.9 Å². The Hall–Kier alpha value is -2.94. The molecule has 7 nitrogen and oxygen atoms in total. The number of benzene rings is 2. The summed E-state index contributed by atoms with van der Waals surface area (Å²) in [6, 6.07) is 14.0. The highest BCUT2D eigenvalue weighted by Gasteiger charge is 2.20. The van der Waals surface area contributed by atoms with Crippen LogP contribution in [0.3, 0.4) is 0 Å². The molecule has 32 heavy (non-hydrogen) atoms. The van der Waals surface area contributed by atoms with E-state index in [1.807, 2.05) is 42.6 Å². The molecule has 8 heteroatoms. The van der Waals surface area contributed by atoms with E-state index in [4.69, 9.17) is 9.47 Å². The van der Waals surface area contributed by atoms with Gasteiger partial charge in [0.1, 0.15) is 0 Å². The van der Waals surface area contributed by atoms with Gasteiger partial charge in [0.2, 0.25) is 12.7 Å². The highest BCUT2D eigenvalue weighted by Crippen LogP contribution is 2.33. The number of hydrogen-bond donors (Lipinski definition) is 1. The van der Waals surface area contributed by atoms with Crippen LogP contribution in [0.25, 0.3) is 11.3 Å². The molecule has 166 valence electrons. The van der Waals surface area contributed by atoms with E-state index in [0.717, 1.165) is 66.2 Å². The van der Waals surface area contributed by atoms with Crippen molar-refractivity contribution in [2.75, 3.05) is 44.8 Å². The summed E-state index contributed by atoms with van der Waals surface area (Å²) in [6.07, 6.45) is 0. The van der Waals surface area contributed by atoms with Crippen molar-refractivity contribution in [3.8, 4) is 22.8 Å². The van der Waals surface area contributed by atoms with Gasteiger partial charge in [0.05, 0.1) is 17.2 Å². The van der Waals surface area contributed by atoms with Gasteiger partial charge in [-0.2, -0.15) is 0 Å². The third-order valence-corrected chi connectivity index (χ3v) is 6.51. The number of thiazole rings is 1. The average Bonchev–Trinajstić information content (AvgIpc) is 3.44. The molecule has 0 aliphatic carbocycles. The number of aryl methyl sites for hydroxylation is 1. The zero-order valence-electron chi connectivity index (χ0n) is 18.0. The third-order valence-electron chi connectivity index (χ3n) is 5.74. The molecule has 0 bridgehead atoms. The van der Waals surface area contributed by atoms with Gasteiger partial charge in [0.15, 0.2) is 11.5 Å². The lowest BCUT2D eigenvalue weighted by Crippen LogP contribution is -2.48. The van der Waals surface area contributed by atoms with Gasteiger partial charge in [-0.05, 0) is 36.8 Å². The van der Waals surface area contributed by atoms with E-state index in [0.29, 0.717) is 13.3 Å². The fourth-order valence-electron chi connectivity index (χ4n) is 4.06. The standard InChI is InChI=1S/C24H26N4O3S/c1-17-25-21(15-32-17)19-3-2-4-20(12-19)26-24(29)14-28-9-7-27(8-10-28)13-18-5-6-22-23(11-18)31-16-30-22/h2-6,11-12,15H,7-10,13-14,16H2,1H3,(H,26,29). The number of carbonyl (C=O) groups is 1. The second-order valence-corrected chi connectivity index (χ2v) is 9.18. The van der Waals surface area contributed by atoms with Crippen LogP contribution in [0.4, 0.5) is 5.69 Å². The van der Waals surface area contributed by atoms with Gasteiger partial charge in [0, 0.05) is 49.4 Å². The molecule has 2 aromatic carbocycles. The van der Waals surface area contributed by atoms with Gasteiger partial charge in [-0.15, -0.1) is 11.3 Å². The molecule has 0 spiro atoms. The Balaban J connectivity index is 1.10. The summed E-state index contributed by atoms with van der Waals surface area (Å²) >= 11 is 1.63. The first-order chi connectivity index (χ1) is 15.6. The van der Waals surface area contributed by atoms with Crippen LogP contribution in [0.2, 0.25) is 0 Å². The summed E-state index contributed by atoms with van der Waals surface area (Å²) in [6.45, 7) is 7.17. The number of hydrogen-bond acceptors (Lipinski definition) is 7. The maximum atomic E-state index is 12.6.